The number of aromatic nitrogens is 4. The van der Waals surface area contributed by atoms with Gasteiger partial charge in [0.1, 0.15) is 0 Å². The van der Waals surface area contributed by atoms with Gasteiger partial charge in [0.15, 0.2) is 0 Å². The van der Waals surface area contributed by atoms with E-state index in [0.717, 1.165) is 18.2 Å². The maximum atomic E-state index is 12.8. The molecule has 0 radical (unpaired) electrons. The molecule has 0 saturated heterocycles. The van der Waals surface area contributed by atoms with E-state index in [-0.39, 0.29) is 11.8 Å². The Kier molecular flexibility index (Phi) is 4.48. The van der Waals surface area contributed by atoms with Gasteiger partial charge in [-0.05, 0) is 31.7 Å². The minimum atomic E-state index is -0.0289. The Bertz CT molecular complexity index is 741. The normalized spacial score (nSPS) is 19.7. The molecule has 7 heteroatoms. The number of imidazole rings is 1. The molecule has 1 atom stereocenters. The van der Waals surface area contributed by atoms with Gasteiger partial charge in [-0.1, -0.05) is 0 Å². The van der Waals surface area contributed by atoms with Gasteiger partial charge in [0, 0.05) is 31.3 Å². The highest BCUT2D eigenvalue weighted by molar-refractivity contribution is 5.93. The van der Waals surface area contributed by atoms with Crippen molar-refractivity contribution < 1.29 is 9.53 Å². The van der Waals surface area contributed by atoms with Crippen molar-refractivity contribution in [3.63, 3.8) is 0 Å². The van der Waals surface area contributed by atoms with Crippen LogP contribution in [0.5, 0.6) is 0 Å². The first-order chi connectivity index (χ1) is 12.3. The Balaban J connectivity index is 1.59. The zero-order valence-corrected chi connectivity index (χ0v) is 14.5. The van der Waals surface area contributed by atoms with Gasteiger partial charge in [-0.15, -0.1) is 0 Å². The maximum Gasteiger partial charge on any atom is 0.255 e. The highest BCUT2D eigenvalue weighted by Crippen LogP contribution is 2.34. The lowest BCUT2D eigenvalue weighted by molar-refractivity contribution is 0.0643. The van der Waals surface area contributed by atoms with Crippen LogP contribution in [0.25, 0.3) is 0 Å². The third-order valence-electron chi connectivity index (χ3n) is 4.92. The molecule has 2 aliphatic rings. The van der Waals surface area contributed by atoms with Crippen molar-refractivity contribution in [2.45, 2.75) is 38.8 Å². The Morgan fingerprint density at radius 1 is 1.36 bits per heavy atom. The summed E-state index contributed by atoms with van der Waals surface area (Å²) in [6.45, 7) is 5.49. The van der Waals surface area contributed by atoms with E-state index in [9.17, 15) is 4.79 Å². The average Bonchev–Trinajstić information content (AvgIpc) is 3.38. The summed E-state index contributed by atoms with van der Waals surface area (Å²) in [6, 6.07) is 1.70. The molecular weight excluding hydrogens is 318 g/mol. The molecule has 0 spiro atoms. The molecule has 0 aromatic carbocycles. The van der Waals surface area contributed by atoms with Gasteiger partial charge in [-0.2, -0.15) is 10.2 Å². The second-order valence-electron chi connectivity index (χ2n) is 6.85. The molecule has 132 valence electrons. The van der Waals surface area contributed by atoms with Crippen LogP contribution >= 0.6 is 0 Å². The van der Waals surface area contributed by atoms with Gasteiger partial charge in [0.25, 0.3) is 5.91 Å². The number of carbonyl (C=O) groups excluding carboxylic acids is 1. The number of fused-ring (bicyclic) bond motifs is 1. The van der Waals surface area contributed by atoms with Crippen LogP contribution in [0, 0.1) is 5.92 Å². The number of ether oxygens (including phenoxy) is 1. The van der Waals surface area contributed by atoms with Gasteiger partial charge in [0.2, 0.25) is 0 Å². The average molecular weight is 341 g/mol. The van der Waals surface area contributed by atoms with Crippen LogP contribution in [-0.4, -0.2) is 50.3 Å². The molecule has 4 rings (SSSR count). The summed E-state index contributed by atoms with van der Waals surface area (Å²) in [7, 11) is 0. The van der Waals surface area contributed by atoms with Gasteiger partial charge >= 0.3 is 0 Å². The molecule has 1 aliphatic heterocycles. The highest BCUT2D eigenvalue weighted by Gasteiger charge is 2.34. The van der Waals surface area contributed by atoms with E-state index < -0.39 is 0 Å². The summed E-state index contributed by atoms with van der Waals surface area (Å²) in [6.07, 6.45) is 7.61. The predicted molar refractivity (Wildman–Crippen MR) is 91.0 cm³/mol. The van der Waals surface area contributed by atoms with E-state index in [0.29, 0.717) is 31.9 Å². The number of hydrogen-bond donors (Lipinski definition) is 0. The lowest BCUT2D eigenvalue weighted by Crippen LogP contribution is -2.40. The quantitative estimate of drug-likeness (QED) is 0.802. The van der Waals surface area contributed by atoms with Crippen LogP contribution in [0.2, 0.25) is 0 Å². The first-order valence-corrected chi connectivity index (χ1v) is 8.94. The van der Waals surface area contributed by atoms with Gasteiger partial charge in [-0.3, -0.25) is 4.79 Å². The van der Waals surface area contributed by atoms with Crippen molar-refractivity contribution in [2.75, 3.05) is 19.8 Å². The number of nitrogens with zero attached hydrogens (tertiary/aromatic N) is 5. The SMILES string of the molecule is CCOCC1CN(C(=O)c2ccnnc2)Cc2ncn(CC3CC3)c21. The van der Waals surface area contributed by atoms with Crippen molar-refractivity contribution in [3.8, 4) is 0 Å². The summed E-state index contributed by atoms with van der Waals surface area (Å²) < 4.78 is 7.99. The highest BCUT2D eigenvalue weighted by atomic mass is 16.5. The van der Waals surface area contributed by atoms with E-state index in [1.54, 1.807) is 12.3 Å². The first kappa shape index (κ1) is 16.2. The second-order valence-corrected chi connectivity index (χ2v) is 6.85. The monoisotopic (exact) mass is 341 g/mol. The molecule has 1 aliphatic carbocycles. The number of amides is 1. The van der Waals surface area contributed by atoms with Crippen molar-refractivity contribution in [2.24, 2.45) is 5.92 Å². The maximum absolute atomic E-state index is 12.8. The predicted octanol–water partition coefficient (Wildman–Crippen LogP) is 1.86. The van der Waals surface area contributed by atoms with Crippen LogP contribution in [0.3, 0.4) is 0 Å². The summed E-state index contributed by atoms with van der Waals surface area (Å²) in [5.41, 5.74) is 2.80. The van der Waals surface area contributed by atoms with Crippen LogP contribution in [0.1, 0.15) is 47.4 Å². The zero-order chi connectivity index (χ0) is 17.2. The fraction of sp³-hybridized carbons (Fsp3) is 0.556. The van der Waals surface area contributed by atoms with E-state index in [2.05, 4.69) is 19.7 Å². The molecular formula is C18H23N5O2. The van der Waals surface area contributed by atoms with Crippen molar-refractivity contribution in [3.05, 3.63) is 41.7 Å². The van der Waals surface area contributed by atoms with E-state index in [1.165, 1.54) is 24.7 Å². The lowest BCUT2D eigenvalue weighted by Gasteiger charge is -2.33. The summed E-state index contributed by atoms with van der Waals surface area (Å²) in [4.78, 5) is 19.3. The molecule has 25 heavy (non-hydrogen) atoms. The summed E-state index contributed by atoms with van der Waals surface area (Å²) in [5, 5.41) is 7.56. The summed E-state index contributed by atoms with van der Waals surface area (Å²) in [5.74, 6) is 0.913. The molecule has 1 amide bonds. The third kappa shape index (κ3) is 3.42. The number of hydrogen-bond acceptors (Lipinski definition) is 5. The Morgan fingerprint density at radius 3 is 2.96 bits per heavy atom. The Labute approximate surface area is 147 Å². The smallest absolute Gasteiger partial charge is 0.255 e. The molecule has 3 heterocycles. The van der Waals surface area contributed by atoms with E-state index in [4.69, 9.17) is 4.74 Å². The standard InChI is InChI=1S/C18H23N5O2/c1-2-25-11-15-9-22(18(24)14-5-6-20-21-7-14)10-16-17(15)23(12-19-16)8-13-3-4-13/h5-7,12-13,15H,2-4,8-11H2,1H3. The lowest BCUT2D eigenvalue weighted by atomic mass is 9.98. The fourth-order valence-electron chi connectivity index (χ4n) is 3.49. The Morgan fingerprint density at radius 2 is 2.24 bits per heavy atom. The van der Waals surface area contributed by atoms with Gasteiger partial charge < -0.3 is 14.2 Å². The molecule has 1 saturated carbocycles. The minimum absolute atomic E-state index is 0.0289. The van der Waals surface area contributed by atoms with Crippen molar-refractivity contribution in [1.29, 1.82) is 0 Å². The van der Waals surface area contributed by atoms with Crippen LogP contribution in [0.4, 0.5) is 0 Å². The summed E-state index contributed by atoms with van der Waals surface area (Å²) >= 11 is 0. The van der Waals surface area contributed by atoms with Gasteiger partial charge in [0.05, 0.1) is 43.1 Å². The zero-order valence-electron chi connectivity index (χ0n) is 14.5. The number of rotatable bonds is 6. The first-order valence-electron chi connectivity index (χ1n) is 8.94. The van der Waals surface area contributed by atoms with Gasteiger partial charge in [-0.25, -0.2) is 4.98 Å². The largest absolute Gasteiger partial charge is 0.381 e. The molecule has 2 aromatic heterocycles. The fourth-order valence-corrected chi connectivity index (χ4v) is 3.49. The molecule has 0 bridgehead atoms. The van der Waals surface area contributed by atoms with Crippen molar-refractivity contribution in [1.82, 2.24) is 24.6 Å². The van der Waals surface area contributed by atoms with E-state index >= 15 is 0 Å². The molecule has 2 aromatic rings. The number of carbonyl (C=O) groups is 1. The molecule has 1 unspecified atom stereocenters. The Hall–Kier alpha value is -2.28. The van der Waals surface area contributed by atoms with E-state index in [1.807, 2.05) is 18.2 Å². The molecule has 0 N–H and O–H groups in total. The van der Waals surface area contributed by atoms with Crippen LogP contribution < -0.4 is 0 Å². The molecule has 7 nitrogen and oxygen atoms in total. The van der Waals surface area contributed by atoms with Crippen molar-refractivity contribution >= 4 is 5.91 Å². The third-order valence-corrected chi connectivity index (χ3v) is 4.92. The van der Waals surface area contributed by atoms with Crippen LogP contribution in [0.15, 0.2) is 24.8 Å². The topological polar surface area (TPSA) is 73.1 Å². The minimum Gasteiger partial charge on any atom is -0.381 e. The molecule has 1 fully saturated rings. The second kappa shape index (κ2) is 6.92. The van der Waals surface area contributed by atoms with Crippen LogP contribution in [-0.2, 0) is 17.8 Å².